The first-order chi connectivity index (χ1) is 9.36. The van der Waals surface area contributed by atoms with E-state index in [1.54, 1.807) is 4.90 Å². The number of carbonyl (C=O) groups is 1. The molecule has 0 saturated carbocycles. The molecule has 1 heterocycles. The number of hydrogen-bond donors (Lipinski definition) is 0. The Morgan fingerprint density at radius 2 is 2.05 bits per heavy atom. The zero-order chi connectivity index (χ0) is 14.8. The third-order valence-electron chi connectivity index (χ3n) is 4.14. The number of amides is 1. The highest BCUT2D eigenvalue weighted by Gasteiger charge is 2.40. The topological polar surface area (TPSA) is 53.3 Å². The van der Waals surface area contributed by atoms with Crippen molar-refractivity contribution < 1.29 is 9.53 Å². The summed E-state index contributed by atoms with van der Waals surface area (Å²) in [4.78, 5) is 13.8. The number of piperidine rings is 1. The van der Waals surface area contributed by atoms with Gasteiger partial charge in [0, 0.05) is 13.1 Å². The number of allylic oxidation sites excluding steroid dienone is 2. The van der Waals surface area contributed by atoms with Gasteiger partial charge in [0.1, 0.15) is 5.60 Å². The molecule has 2 rings (SSSR count). The normalized spacial score (nSPS) is 22.1. The van der Waals surface area contributed by atoms with Gasteiger partial charge in [-0.1, -0.05) is 11.6 Å². The molecule has 1 saturated heterocycles. The molecule has 2 aliphatic rings. The first-order valence-corrected chi connectivity index (χ1v) is 7.45. The number of ether oxygens (including phenoxy) is 1. The van der Waals surface area contributed by atoms with Crippen LogP contribution in [0.3, 0.4) is 0 Å². The van der Waals surface area contributed by atoms with Crippen molar-refractivity contribution in [2.24, 2.45) is 5.41 Å². The highest BCUT2D eigenvalue weighted by Crippen LogP contribution is 2.43. The average molecular weight is 276 g/mol. The lowest BCUT2D eigenvalue weighted by atomic mass is 9.73. The third kappa shape index (κ3) is 3.15. The van der Waals surface area contributed by atoms with Crippen LogP contribution in [0.1, 0.15) is 52.9 Å². The molecular weight excluding hydrogens is 252 g/mol. The van der Waals surface area contributed by atoms with Crippen LogP contribution in [-0.4, -0.2) is 29.7 Å². The van der Waals surface area contributed by atoms with Gasteiger partial charge in [-0.05, 0) is 52.9 Å². The lowest BCUT2D eigenvalue weighted by Gasteiger charge is -2.38. The molecule has 0 spiro atoms. The molecule has 0 atom stereocenters. The van der Waals surface area contributed by atoms with Crippen molar-refractivity contribution in [3.63, 3.8) is 0 Å². The number of rotatable bonds is 1. The second-order valence-corrected chi connectivity index (χ2v) is 6.78. The summed E-state index contributed by atoms with van der Waals surface area (Å²) in [5, 5.41) is 9.59. The summed E-state index contributed by atoms with van der Waals surface area (Å²) >= 11 is 0. The zero-order valence-corrected chi connectivity index (χ0v) is 12.7. The number of hydrogen-bond acceptors (Lipinski definition) is 3. The van der Waals surface area contributed by atoms with Gasteiger partial charge in [0.25, 0.3) is 0 Å². The molecule has 0 bridgehead atoms. The maximum absolute atomic E-state index is 12.0. The SMILES string of the molecule is CC(C)(C)OC(=O)N1CCC(C#N)(C2=CCCC2)CC1. The first-order valence-electron chi connectivity index (χ1n) is 7.45. The summed E-state index contributed by atoms with van der Waals surface area (Å²) in [6, 6.07) is 2.52. The second-order valence-electron chi connectivity index (χ2n) is 6.78. The molecule has 1 amide bonds. The van der Waals surface area contributed by atoms with Gasteiger partial charge < -0.3 is 9.64 Å². The monoisotopic (exact) mass is 276 g/mol. The second kappa shape index (κ2) is 5.47. The number of nitrogens with zero attached hydrogens (tertiary/aromatic N) is 2. The summed E-state index contributed by atoms with van der Waals surface area (Å²) in [7, 11) is 0. The number of likely N-dealkylation sites (tertiary alicyclic amines) is 1. The largest absolute Gasteiger partial charge is 0.444 e. The van der Waals surface area contributed by atoms with Crippen LogP contribution in [0.25, 0.3) is 0 Å². The average Bonchev–Trinajstić information content (AvgIpc) is 2.91. The highest BCUT2D eigenvalue weighted by atomic mass is 16.6. The van der Waals surface area contributed by atoms with E-state index < -0.39 is 5.60 Å². The summed E-state index contributed by atoms with van der Waals surface area (Å²) in [5.74, 6) is 0. The molecule has 0 N–H and O–H groups in total. The summed E-state index contributed by atoms with van der Waals surface area (Å²) in [6.07, 6.45) is 6.72. The van der Waals surface area contributed by atoms with Gasteiger partial charge in [0.05, 0.1) is 11.5 Å². The predicted molar refractivity (Wildman–Crippen MR) is 77.0 cm³/mol. The standard InChI is InChI=1S/C16H24N2O2/c1-15(2,3)20-14(19)18-10-8-16(12-17,9-11-18)13-6-4-5-7-13/h6H,4-5,7-11H2,1-3H3. The van der Waals surface area contributed by atoms with Crippen LogP contribution in [0.4, 0.5) is 4.79 Å². The Balaban J connectivity index is 1.98. The van der Waals surface area contributed by atoms with Gasteiger partial charge in [-0.2, -0.15) is 5.26 Å². The number of nitriles is 1. The van der Waals surface area contributed by atoms with E-state index in [0.717, 1.165) is 32.1 Å². The fourth-order valence-electron chi connectivity index (χ4n) is 3.01. The zero-order valence-electron chi connectivity index (χ0n) is 12.7. The lowest BCUT2D eigenvalue weighted by Crippen LogP contribution is -2.45. The molecule has 110 valence electrons. The fourth-order valence-corrected chi connectivity index (χ4v) is 3.01. The van der Waals surface area contributed by atoms with E-state index in [4.69, 9.17) is 4.74 Å². The van der Waals surface area contributed by atoms with Gasteiger partial charge in [-0.3, -0.25) is 0 Å². The van der Waals surface area contributed by atoms with E-state index in [1.807, 2.05) is 20.8 Å². The van der Waals surface area contributed by atoms with Crippen molar-refractivity contribution in [2.45, 2.75) is 58.5 Å². The van der Waals surface area contributed by atoms with Crippen LogP contribution in [0.15, 0.2) is 11.6 Å². The quantitative estimate of drug-likeness (QED) is 0.687. The smallest absolute Gasteiger partial charge is 0.410 e. The molecule has 1 fully saturated rings. The molecule has 4 heteroatoms. The Morgan fingerprint density at radius 1 is 1.40 bits per heavy atom. The summed E-state index contributed by atoms with van der Waals surface area (Å²) in [6.45, 7) is 6.84. The summed E-state index contributed by atoms with van der Waals surface area (Å²) < 4.78 is 5.39. The van der Waals surface area contributed by atoms with Crippen molar-refractivity contribution in [2.75, 3.05) is 13.1 Å². The van der Waals surface area contributed by atoms with Crippen LogP contribution in [0, 0.1) is 16.7 Å². The van der Waals surface area contributed by atoms with Gasteiger partial charge in [-0.25, -0.2) is 4.79 Å². The van der Waals surface area contributed by atoms with Gasteiger partial charge >= 0.3 is 6.09 Å². The Morgan fingerprint density at radius 3 is 2.50 bits per heavy atom. The van der Waals surface area contributed by atoms with Crippen LogP contribution < -0.4 is 0 Å². The van der Waals surface area contributed by atoms with E-state index in [-0.39, 0.29) is 11.5 Å². The molecule has 0 radical (unpaired) electrons. The van der Waals surface area contributed by atoms with Crippen LogP contribution >= 0.6 is 0 Å². The highest BCUT2D eigenvalue weighted by molar-refractivity contribution is 5.68. The molecule has 0 unspecified atom stereocenters. The molecule has 1 aliphatic carbocycles. The van der Waals surface area contributed by atoms with Crippen LogP contribution in [0.5, 0.6) is 0 Å². The Hall–Kier alpha value is -1.50. The van der Waals surface area contributed by atoms with E-state index >= 15 is 0 Å². The minimum Gasteiger partial charge on any atom is -0.444 e. The van der Waals surface area contributed by atoms with Crippen molar-refractivity contribution in [1.29, 1.82) is 5.26 Å². The van der Waals surface area contributed by atoms with E-state index in [2.05, 4.69) is 12.1 Å². The minimum absolute atomic E-state index is 0.260. The minimum atomic E-state index is -0.463. The summed E-state index contributed by atoms with van der Waals surface area (Å²) in [5.41, 5.74) is 0.493. The maximum atomic E-state index is 12.0. The van der Waals surface area contributed by atoms with E-state index in [0.29, 0.717) is 13.1 Å². The lowest BCUT2D eigenvalue weighted by molar-refractivity contribution is 0.0167. The first kappa shape index (κ1) is 14.9. The molecule has 0 aromatic rings. The maximum Gasteiger partial charge on any atom is 0.410 e. The Bertz CT molecular complexity index is 446. The van der Waals surface area contributed by atoms with E-state index in [1.165, 1.54) is 5.57 Å². The van der Waals surface area contributed by atoms with Gasteiger partial charge in [0.15, 0.2) is 0 Å². The molecule has 4 nitrogen and oxygen atoms in total. The van der Waals surface area contributed by atoms with Gasteiger partial charge in [0.2, 0.25) is 0 Å². The van der Waals surface area contributed by atoms with Crippen molar-refractivity contribution in [3.8, 4) is 6.07 Å². The van der Waals surface area contributed by atoms with Crippen molar-refractivity contribution in [1.82, 2.24) is 4.90 Å². The van der Waals surface area contributed by atoms with Crippen LogP contribution in [-0.2, 0) is 4.74 Å². The van der Waals surface area contributed by atoms with Crippen molar-refractivity contribution in [3.05, 3.63) is 11.6 Å². The van der Waals surface area contributed by atoms with Crippen LogP contribution in [0.2, 0.25) is 0 Å². The van der Waals surface area contributed by atoms with Crippen molar-refractivity contribution >= 4 is 6.09 Å². The molecule has 0 aromatic heterocycles. The molecule has 20 heavy (non-hydrogen) atoms. The Labute approximate surface area is 121 Å². The van der Waals surface area contributed by atoms with E-state index in [9.17, 15) is 10.1 Å². The Kier molecular flexibility index (Phi) is 4.08. The predicted octanol–water partition coefficient (Wildman–Crippen LogP) is 3.64. The molecule has 0 aromatic carbocycles. The number of carbonyl (C=O) groups excluding carboxylic acids is 1. The molecule has 1 aliphatic heterocycles. The third-order valence-corrected chi connectivity index (χ3v) is 4.14. The fraction of sp³-hybridized carbons (Fsp3) is 0.750. The molecular formula is C16H24N2O2. The van der Waals surface area contributed by atoms with Gasteiger partial charge in [-0.15, -0.1) is 0 Å².